The SMILES string of the molecule is CCCc1c(NN)ncnc1NCC(C)(C)N(C)C. The van der Waals surface area contributed by atoms with Crippen molar-refractivity contribution < 1.29 is 0 Å². The normalized spacial score (nSPS) is 11.7. The van der Waals surface area contributed by atoms with Gasteiger partial charge in [0.2, 0.25) is 0 Å². The van der Waals surface area contributed by atoms with Crippen LogP contribution in [0, 0.1) is 0 Å². The molecule has 0 saturated heterocycles. The second-order valence-corrected chi connectivity index (χ2v) is 5.50. The molecule has 0 aliphatic carbocycles. The molecule has 1 heterocycles. The third kappa shape index (κ3) is 4.04. The van der Waals surface area contributed by atoms with Gasteiger partial charge in [-0.15, -0.1) is 0 Å². The minimum atomic E-state index is 0.0464. The van der Waals surface area contributed by atoms with E-state index < -0.39 is 0 Å². The summed E-state index contributed by atoms with van der Waals surface area (Å²) < 4.78 is 0. The first-order valence-corrected chi connectivity index (χ1v) is 6.64. The maximum absolute atomic E-state index is 5.50. The van der Waals surface area contributed by atoms with Crippen molar-refractivity contribution in [3.05, 3.63) is 11.9 Å². The van der Waals surface area contributed by atoms with E-state index in [0.717, 1.165) is 30.8 Å². The number of hydrogen-bond donors (Lipinski definition) is 3. The Morgan fingerprint density at radius 2 is 1.89 bits per heavy atom. The van der Waals surface area contributed by atoms with Crippen molar-refractivity contribution in [2.45, 2.75) is 39.2 Å². The second-order valence-electron chi connectivity index (χ2n) is 5.50. The Morgan fingerprint density at radius 1 is 1.26 bits per heavy atom. The van der Waals surface area contributed by atoms with Crippen molar-refractivity contribution in [2.24, 2.45) is 5.84 Å². The fraction of sp³-hybridized carbons (Fsp3) is 0.692. The molecule has 19 heavy (non-hydrogen) atoms. The van der Waals surface area contributed by atoms with Crippen LogP contribution in [0.1, 0.15) is 32.8 Å². The quantitative estimate of drug-likeness (QED) is 0.512. The standard InChI is InChI=1S/C13H26N6/c1-6-7-10-11(16-9-17-12(10)18-14)15-8-13(2,3)19(4)5/h9H,6-8,14H2,1-5H3,(H2,15,16,17,18). The van der Waals surface area contributed by atoms with Crippen LogP contribution in [0.15, 0.2) is 6.33 Å². The van der Waals surface area contributed by atoms with Crippen molar-refractivity contribution in [1.29, 1.82) is 0 Å². The molecule has 6 nitrogen and oxygen atoms in total. The maximum Gasteiger partial charge on any atom is 0.148 e. The molecule has 1 rings (SSSR count). The van der Waals surface area contributed by atoms with Crippen molar-refractivity contribution in [3.63, 3.8) is 0 Å². The Hall–Kier alpha value is -1.40. The lowest BCUT2D eigenvalue weighted by Crippen LogP contribution is -2.44. The minimum Gasteiger partial charge on any atom is -0.368 e. The molecule has 0 aromatic carbocycles. The summed E-state index contributed by atoms with van der Waals surface area (Å²) in [4.78, 5) is 10.7. The smallest absolute Gasteiger partial charge is 0.148 e. The van der Waals surface area contributed by atoms with E-state index in [1.54, 1.807) is 0 Å². The van der Waals surface area contributed by atoms with Gasteiger partial charge in [-0.05, 0) is 34.4 Å². The highest BCUT2D eigenvalue weighted by molar-refractivity contribution is 5.57. The number of hydrazine groups is 1. The summed E-state index contributed by atoms with van der Waals surface area (Å²) in [5.74, 6) is 7.06. The van der Waals surface area contributed by atoms with Crippen LogP contribution in [-0.2, 0) is 6.42 Å². The number of rotatable bonds is 7. The zero-order chi connectivity index (χ0) is 14.5. The predicted molar refractivity (Wildman–Crippen MR) is 80.1 cm³/mol. The molecule has 4 N–H and O–H groups in total. The van der Waals surface area contributed by atoms with Gasteiger partial charge in [-0.3, -0.25) is 0 Å². The Morgan fingerprint density at radius 3 is 2.42 bits per heavy atom. The topological polar surface area (TPSA) is 79.1 Å². The molecule has 1 aromatic rings. The Labute approximate surface area is 115 Å². The van der Waals surface area contributed by atoms with Gasteiger partial charge in [0.05, 0.1) is 0 Å². The first kappa shape index (κ1) is 15.7. The van der Waals surface area contributed by atoms with Crippen LogP contribution in [0.3, 0.4) is 0 Å². The van der Waals surface area contributed by atoms with E-state index in [0.29, 0.717) is 5.82 Å². The fourth-order valence-electron chi connectivity index (χ4n) is 1.63. The summed E-state index contributed by atoms with van der Waals surface area (Å²) in [6.45, 7) is 7.30. The molecule has 0 spiro atoms. The van der Waals surface area contributed by atoms with E-state index in [4.69, 9.17) is 5.84 Å². The highest BCUT2D eigenvalue weighted by Crippen LogP contribution is 2.22. The molecule has 0 aliphatic heterocycles. The van der Waals surface area contributed by atoms with E-state index in [1.165, 1.54) is 6.33 Å². The van der Waals surface area contributed by atoms with E-state index in [-0.39, 0.29) is 5.54 Å². The van der Waals surface area contributed by atoms with Gasteiger partial charge < -0.3 is 15.6 Å². The number of nitrogens with one attached hydrogen (secondary N) is 2. The van der Waals surface area contributed by atoms with Crippen LogP contribution in [-0.4, -0.2) is 41.0 Å². The lowest BCUT2D eigenvalue weighted by molar-refractivity contribution is 0.210. The van der Waals surface area contributed by atoms with Gasteiger partial charge in [-0.2, -0.15) is 0 Å². The number of aromatic nitrogens is 2. The van der Waals surface area contributed by atoms with Gasteiger partial charge in [0.1, 0.15) is 18.0 Å². The van der Waals surface area contributed by atoms with Gasteiger partial charge in [-0.25, -0.2) is 15.8 Å². The number of likely N-dealkylation sites (N-methyl/N-ethyl adjacent to an activating group) is 1. The van der Waals surface area contributed by atoms with Crippen LogP contribution in [0.2, 0.25) is 0 Å². The predicted octanol–water partition coefficient (Wildman–Crippen LogP) is 1.47. The lowest BCUT2D eigenvalue weighted by Gasteiger charge is -2.33. The summed E-state index contributed by atoms with van der Waals surface area (Å²) in [6, 6.07) is 0. The average Bonchev–Trinajstić information content (AvgIpc) is 2.37. The molecular formula is C13H26N6. The Bertz CT molecular complexity index is 402. The van der Waals surface area contributed by atoms with E-state index >= 15 is 0 Å². The number of nitrogens with two attached hydrogens (primary N) is 1. The second kappa shape index (κ2) is 6.68. The average molecular weight is 266 g/mol. The zero-order valence-electron chi connectivity index (χ0n) is 12.6. The number of hydrogen-bond acceptors (Lipinski definition) is 6. The largest absolute Gasteiger partial charge is 0.368 e. The molecule has 0 radical (unpaired) electrons. The first-order chi connectivity index (χ1) is 8.92. The summed E-state index contributed by atoms with van der Waals surface area (Å²) in [6.07, 6.45) is 3.44. The van der Waals surface area contributed by atoms with Crippen LogP contribution in [0.25, 0.3) is 0 Å². The molecule has 1 aromatic heterocycles. The van der Waals surface area contributed by atoms with Gasteiger partial charge >= 0.3 is 0 Å². The maximum atomic E-state index is 5.50. The molecule has 0 unspecified atom stereocenters. The van der Waals surface area contributed by atoms with E-state index in [9.17, 15) is 0 Å². The molecular weight excluding hydrogens is 240 g/mol. The molecule has 0 saturated carbocycles. The third-order valence-corrected chi connectivity index (χ3v) is 3.48. The minimum absolute atomic E-state index is 0.0464. The van der Waals surface area contributed by atoms with E-state index in [1.807, 2.05) is 0 Å². The fourth-order valence-corrected chi connectivity index (χ4v) is 1.63. The molecule has 0 atom stereocenters. The highest BCUT2D eigenvalue weighted by Gasteiger charge is 2.21. The first-order valence-electron chi connectivity index (χ1n) is 6.64. The summed E-state index contributed by atoms with van der Waals surface area (Å²) in [5.41, 5.74) is 3.73. The van der Waals surface area contributed by atoms with Crippen molar-refractivity contribution >= 4 is 11.6 Å². The number of anilines is 2. The van der Waals surface area contributed by atoms with Gasteiger partial charge in [-0.1, -0.05) is 13.3 Å². The molecule has 0 aliphatic rings. The summed E-state index contributed by atoms with van der Waals surface area (Å²) >= 11 is 0. The van der Waals surface area contributed by atoms with E-state index in [2.05, 4.69) is 60.5 Å². The molecule has 0 amide bonds. The summed E-state index contributed by atoms with van der Waals surface area (Å²) in [5, 5.41) is 3.41. The van der Waals surface area contributed by atoms with Crippen LogP contribution >= 0.6 is 0 Å². The monoisotopic (exact) mass is 266 g/mol. The number of nitrogens with zero attached hydrogens (tertiary/aromatic N) is 3. The van der Waals surface area contributed by atoms with Crippen molar-refractivity contribution in [1.82, 2.24) is 14.9 Å². The Kier molecular flexibility index (Phi) is 5.50. The highest BCUT2D eigenvalue weighted by atomic mass is 15.3. The molecule has 6 heteroatoms. The van der Waals surface area contributed by atoms with Gasteiger partial charge in [0, 0.05) is 17.6 Å². The summed E-state index contributed by atoms with van der Waals surface area (Å²) in [7, 11) is 4.14. The van der Waals surface area contributed by atoms with Crippen molar-refractivity contribution in [2.75, 3.05) is 31.4 Å². The van der Waals surface area contributed by atoms with Crippen molar-refractivity contribution in [3.8, 4) is 0 Å². The van der Waals surface area contributed by atoms with Crippen LogP contribution in [0.5, 0.6) is 0 Å². The molecule has 0 bridgehead atoms. The molecule has 0 fully saturated rings. The van der Waals surface area contributed by atoms with Gasteiger partial charge in [0.25, 0.3) is 0 Å². The Balaban J connectivity index is 2.88. The molecule has 108 valence electrons. The van der Waals surface area contributed by atoms with Crippen LogP contribution in [0.4, 0.5) is 11.6 Å². The lowest BCUT2D eigenvalue weighted by atomic mass is 10.0. The van der Waals surface area contributed by atoms with Gasteiger partial charge in [0.15, 0.2) is 0 Å². The number of nitrogen functional groups attached to an aromatic ring is 1. The third-order valence-electron chi connectivity index (χ3n) is 3.48. The zero-order valence-corrected chi connectivity index (χ0v) is 12.6. The van der Waals surface area contributed by atoms with Crippen LogP contribution < -0.4 is 16.6 Å².